The van der Waals surface area contributed by atoms with Crippen molar-refractivity contribution in [2.75, 3.05) is 0 Å². The van der Waals surface area contributed by atoms with Crippen LogP contribution in [0.5, 0.6) is 0 Å². The minimum Gasteiger partial charge on any atom is -0.478 e. The summed E-state index contributed by atoms with van der Waals surface area (Å²) in [4.78, 5) is 10.9. The third-order valence-electron chi connectivity index (χ3n) is 3.03. The largest absolute Gasteiger partial charge is 0.478 e. The first-order chi connectivity index (χ1) is 9.72. The summed E-state index contributed by atoms with van der Waals surface area (Å²) in [6.07, 6.45) is 0. The lowest BCUT2D eigenvalue weighted by molar-refractivity contribution is 0.0696. The Balaban J connectivity index is 2.49. The highest BCUT2D eigenvalue weighted by Gasteiger charge is 2.24. The molecule has 0 bridgehead atoms. The van der Waals surface area contributed by atoms with Gasteiger partial charge in [-0.15, -0.1) is 0 Å². The van der Waals surface area contributed by atoms with Gasteiger partial charge in [-0.05, 0) is 48.0 Å². The molecule has 0 aliphatic carbocycles. The molecule has 2 aromatic rings. The fourth-order valence-electron chi connectivity index (χ4n) is 1.85. The number of halogens is 1. The van der Waals surface area contributed by atoms with Crippen molar-refractivity contribution in [3.63, 3.8) is 0 Å². The summed E-state index contributed by atoms with van der Waals surface area (Å²) >= 11 is 3.15. The molecule has 0 unspecified atom stereocenters. The van der Waals surface area contributed by atoms with Crippen LogP contribution >= 0.6 is 15.9 Å². The van der Waals surface area contributed by atoms with Crippen molar-refractivity contribution in [3.05, 3.63) is 45.3 Å². The minimum atomic E-state index is -3.73. The zero-order valence-corrected chi connectivity index (χ0v) is 13.7. The second-order valence-electron chi connectivity index (χ2n) is 4.51. The maximum atomic E-state index is 12.5. The number of hydrogen-bond acceptors (Lipinski definition) is 5. The molecule has 0 fully saturated rings. The molecule has 0 aliphatic heterocycles. The van der Waals surface area contributed by atoms with Crippen molar-refractivity contribution in [2.45, 2.75) is 24.5 Å². The molecule has 0 atom stereocenters. The van der Waals surface area contributed by atoms with E-state index < -0.39 is 15.8 Å². The van der Waals surface area contributed by atoms with Gasteiger partial charge < -0.3 is 9.63 Å². The number of carboxylic acid groups (broad SMARTS) is 1. The lowest BCUT2D eigenvalue weighted by Crippen LogP contribution is -2.09. The molecule has 0 aliphatic rings. The Kier molecular flexibility index (Phi) is 4.20. The molecule has 1 heterocycles. The number of nitrogens with zero attached hydrogens (tertiary/aromatic N) is 1. The van der Waals surface area contributed by atoms with Crippen LogP contribution in [0.25, 0.3) is 0 Å². The Labute approximate surface area is 129 Å². The fourth-order valence-corrected chi connectivity index (χ4v) is 4.46. The number of aromatic carboxylic acids is 1. The Morgan fingerprint density at radius 2 is 2.05 bits per heavy atom. The number of aryl methyl sites for hydroxylation is 2. The summed E-state index contributed by atoms with van der Waals surface area (Å²) < 4.78 is 30.3. The van der Waals surface area contributed by atoms with Crippen molar-refractivity contribution >= 4 is 31.7 Å². The molecule has 0 saturated carbocycles. The third kappa shape index (κ3) is 3.16. The summed E-state index contributed by atoms with van der Waals surface area (Å²) in [5, 5.41) is 12.7. The molecule has 1 N–H and O–H groups in total. The van der Waals surface area contributed by atoms with Gasteiger partial charge in [0.15, 0.2) is 9.84 Å². The average molecular weight is 374 g/mol. The molecule has 0 radical (unpaired) electrons. The number of benzene rings is 1. The first-order valence-electron chi connectivity index (χ1n) is 5.89. The van der Waals surface area contributed by atoms with Gasteiger partial charge in [0.25, 0.3) is 0 Å². The molecule has 0 spiro atoms. The van der Waals surface area contributed by atoms with E-state index >= 15 is 0 Å². The summed E-state index contributed by atoms with van der Waals surface area (Å²) in [5.74, 6) is -1.05. The van der Waals surface area contributed by atoms with Crippen molar-refractivity contribution < 1.29 is 22.8 Å². The summed E-state index contributed by atoms with van der Waals surface area (Å²) in [7, 11) is -3.73. The Bertz CT molecular complexity index is 790. The quantitative estimate of drug-likeness (QED) is 0.884. The van der Waals surface area contributed by atoms with E-state index in [-0.39, 0.29) is 16.2 Å². The molecule has 112 valence electrons. The van der Waals surface area contributed by atoms with Gasteiger partial charge in [0.05, 0.1) is 21.9 Å². The predicted molar refractivity (Wildman–Crippen MR) is 78.0 cm³/mol. The maximum Gasteiger partial charge on any atom is 0.335 e. The van der Waals surface area contributed by atoms with Crippen LogP contribution in [-0.4, -0.2) is 24.7 Å². The van der Waals surface area contributed by atoms with Gasteiger partial charge in [0.2, 0.25) is 0 Å². The number of sulfone groups is 1. The van der Waals surface area contributed by atoms with Crippen LogP contribution in [0.1, 0.15) is 27.4 Å². The molecular formula is C13H12BrNO5S. The molecule has 1 aromatic heterocycles. The fraction of sp³-hybridized carbons (Fsp3) is 0.231. The number of hydrogen-bond donors (Lipinski definition) is 1. The van der Waals surface area contributed by atoms with E-state index in [1.807, 2.05) is 0 Å². The van der Waals surface area contributed by atoms with E-state index in [1.54, 1.807) is 13.8 Å². The third-order valence-corrected chi connectivity index (χ3v) is 5.66. The zero-order valence-electron chi connectivity index (χ0n) is 11.3. The van der Waals surface area contributed by atoms with Gasteiger partial charge in [-0.2, -0.15) is 0 Å². The zero-order chi connectivity index (χ0) is 15.8. The lowest BCUT2D eigenvalue weighted by atomic mass is 10.2. The standard InChI is InChI=1S/C13H12BrNO5S/c1-7-10(8(2)20-15-7)6-21(18,19)12-5-9(13(16)17)3-4-11(12)14/h3-5H,6H2,1-2H3,(H,16,17). The van der Waals surface area contributed by atoms with Gasteiger partial charge in [-0.3, -0.25) is 0 Å². The highest BCUT2D eigenvalue weighted by Crippen LogP contribution is 2.28. The van der Waals surface area contributed by atoms with Crippen LogP contribution in [0.15, 0.2) is 32.1 Å². The minimum absolute atomic E-state index is 0.0672. The molecular weight excluding hydrogens is 362 g/mol. The van der Waals surface area contributed by atoms with Gasteiger partial charge >= 0.3 is 5.97 Å². The van der Waals surface area contributed by atoms with E-state index in [9.17, 15) is 13.2 Å². The SMILES string of the molecule is Cc1noc(C)c1CS(=O)(=O)c1cc(C(=O)O)ccc1Br. The first kappa shape index (κ1) is 15.7. The molecule has 6 nitrogen and oxygen atoms in total. The van der Waals surface area contributed by atoms with Crippen LogP contribution in [-0.2, 0) is 15.6 Å². The van der Waals surface area contributed by atoms with Crippen LogP contribution < -0.4 is 0 Å². The van der Waals surface area contributed by atoms with Crippen molar-refractivity contribution in [1.29, 1.82) is 0 Å². The second kappa shape index (κ2) is 5.61. The Morgan fingerprint density at radius 3 is 2.57 bits per heavy atom. The van der Waals surface area contributed by atoms with Gasteiger partial charge in [0.1, 0.15) is 5.76 Å². The second-order valence-corrected chi connectivity index (χ2v) is 7.32. The predicted octanol–water partition coefficient (Wildman–Crippen LogP) is 2.73. The molecule has 8 heteroatoms. The van der Waals surface area contributed by atoms with Gasteiger partial charge in [-0.25, -0.2) is 13.2 Å². The van der Waals surface area contributed by atoms with E-state index in [0.29, 0.717) is 21.5 Å². The monoisotopic (exact) mass is 373 g/mol. The normalized spacial score (nSPS) is 11.6. The Hall–Kier alpha value is -1.67. The molecule has 0 saturated heterocycles. The van der Waals surface area contributed by atoms with Crippen LogP contribution in [0.4, 0.5) is 0 Å². The van der Waals surface area contributed by atoms with E-state index in [0.717, 1.165) is 6.07 Å². The van der Waals surface area contributed by atoms with Crippen LogP contribution in [0.2, 0.25) is 0 Å². The molecule has 2 rings (SSSR count). The summed E-state index contributed by atoms with van der Waals surface area (Å²) in [6, 6.07) is 3.88. The number of carbonyl (C=O) groups is 1. The van der Waals surface area contributed by atoms with Crippen LogP contribution in [0.3, 0.4) is 0 Å². The van der Waals surface area contributed by atoms with Crippen molar-refractivity contribution in [2.24, 2.45) is 0 Å². The van der Waals surface area contributed by atoms with Crippen molar-refractivity contribution in [1.82, 2.24) is 5.16 Å². The summed E-state index contributed by atoms with van der Waals surface area (Å²) in [6.45, 7) is 3.29. The van der Waals surface area contributed by atoms with E-state index in [1.165, 1.54) is 12.1 Å². The molecule has 21 heavy (non-hydrogen) atoms. The number of aromatic nitrogens is 1. The van der Waals surface area contributed by atoms with Crippen LogP contribution in [0, 0.1) is 13.8 Å². The number of rotatable bonds is 4. The first-order valence-corrected chi connectivity index (χ1v) is 8.34. The highest BCUT2D eigenvalue weighted by atomic mass is 79.9. The average Bonchev–Trinajstić information content (AvgIpc) is 2.70. The van der Waals surface area contributed by atoms with E-state index in [2.05, 4.69) is 21.1 Å². The molecule has 1 aromatic carbocycles. The van der Waals surface area contributed by atoms with Gasteiger partial charge in [-0.1, -0.05) is 5.16 Å². The topological polar surface area (TPSA) is 97.5 Å². The maximum absolute atomic E-state index is 12.5. The summed E-state index contributed by atoms with van der Waals surface area (Å²) in [5.41, 5.74) is 0.903. The van der Waals surface area contributed by atoms with Crippen molar-refractivity contribution in [3.8, 4) is 0 Å². The smallest absolute Gasteiger partial charge is 0.335 e. The number of carboxylic acids is 1. The Morgan fingerprint density at radius 1 is 1.38 bits per heavy atom. The highest BCUT2D eigenvalue weighted by molar-refractivity contribution is 9.10. The molecule has 0 amide bonds. The van der Waals surface area contributed by atoms with Gasteiger partial charge in [0, 0.05) is 10.0 Å². The van der Waals surface area contributed by atoms with E-state index in [4.69, 9.17) is 9.63 Å². The lowest BCUT2D eigenvalue weighted by Gasteiger charge is -2.07.